The Bertz CT molecular complexity index is 373. The number of benzene rings is 2. The van der Waals surface area contributed by atoms with Gasteiger partial charge < -0.3 is 0 Å². The van der Waals surface area contributed by atoms with Crippen LogP contribution in [0.4, 0.5) is 0 Å². The number of rotatable bonds is 0. The van der Waals surface area contributed by atoms with Crippen LogP contribution < -0.4 is 0 Å². The minimum atomic E-state index is 0.858. The lowest BCUT2D eigenvalue weighted by molar-refractivity contribution is 1.51. The summed E-state index contributed by atoms with van der Waals surface area (Å²) in [6.07, 6.45) is 0. The molecule has 58 valence electrons. The quantitative estimate of drug-likeness (QED) is 0.546. The highest BCUT2D eigenvalue weighted by atomic mass is 14.0. The number of hydrogen-bond donors (Lipinski definition) is 0. The van der Waals surface area contributed by atoms with Crippen molar-refractivity contribution in [2.24, 2.45) is 0 Å². The SMILES string of the molecule is [CH]c1ccc(C)c2ccccc12. The lowest BCUT2D eigenvalue weighted by atomic mass is 10.0. The second-order valence-corrected chi connectivity index (χ2v) is 3.02. The molecule has 0 unspecified atom stereocenters. The Hall–Kier alpha value is -1.30. The molecular weight excluding hydrogens is 144 g/mol. The van der Waals surface area contributed by atoms with E-state index in [9.17, 15) is 0 Å². The van der Waals surface area contributed by atoms with Gasteiger partial charge in [0.25, 0.3) is 0 Å². The summed E-state index contributed by atoms with van der Waals surface area (Å²) in [4.78, 5) is 0. The summed E-state index contributed by atoms with van der Waals surface area (Å²) in [6, 6.07) is 12.2. The fourth-order valence-electron chi connectivity index (χ4n) is 1.47. The Kier molecular flexibility index (Phi) is 1.61. The Morgan fingerprint density at radius 3 is 2.25 bits per heavy atom. The van der Waals surface area contributed by atoms with Crippen LogP contribution in [0.5, 0.6) is 0 Å². The first-order chi connectivity index (χ1) is 5.79. The first-order valence-electron chi connectivity index (χ1n) is 4.03. The van der Waals surface area contributed by atoms with Crippen LogP contribution in [0, 0.1) is 13.8 Å². The molecule has 2 radical (unpaired) electrons. The van der Waals surface area contributed by atoms with Crippen LogP contribution in [-0.2, 0) is 0 Å². The van der Waals surface area contributed by atoms with Gasteiger partial charge in [-0.15, -0.1) is 0 Å². The molecule has 0 aliphatic carbocycles. The third kappa shape index (κ3) is 1.00. The predicted molar refractivity (Wildman–Crippen MR) is 52.1 cm³/mol. The number of hydrogen-bond acceptors (Lipinski definition) is 0. The monoisotopic (exact) mass is 154 g/mol. The van der Waals surface area contributed by atoms with Crippen molar-refractivity contribution in [3.63, 3.8) is 0 Å². The maximum absolute atomic E-state index is 5.83. The van der Waals surface area contributed by atoms with E-state index < -0.39 is 0 Å². The van der Waals surface area contributed by atoms with E-state index in [0.717, 1.165) is 10.9 Å². The molecule has 0 heteroatoms. The molecule has 0 aromatic heterocycles. The molecule has 0 aliphatic heterocycles. The van der Waals surface area contributed by atoms with Crippen LogP contribution in [0.25, 0.3) is 10.8 Å². The predicted octanol–water partition coefficient (Wildman–Crippen LogP) is 3.21. The highest BCUT2D eigenvalue weighted by Gasteiger charge is 1.97. The topological polar surface area (TPSA) is 0 Å². The van der Waals surface area contributed by atoms with E-state index in [-0.39, 0.29) is 0 Å². The molecule has 0 N–H and O–H groups in total. The van der Waals surface area contributed by atoms with E-state index in [0.29, 0.717) is 0 Å². The van der Waals surface area contributed by atoms with Crippen molar-refractivity contribution in [3.8, 4) is 0 Å². The van der Waals surface area contributed by atoms with E-state index in [1.54, 1.807) is 0 Å². The molecule has 0 spiro atoms. The van der Waals surface area contributed by atoms with Gasteiger partial charge in [0.05, 0.1) is 0 Å². The first kappa shape index (κ1) is 7.35. The lowest BCUT2D eigenvalue weighted by Crippen LogP contribution is -1.80. The van der Waals surface area contributed by atoms with Crippen molar-refractivity contribution in [2.75, 3.05) is 0 Å². The normalized spacial score (nSPS) is 10.5. The van der Waals surface area contributed by atoms with Crippen molar-refractivity contribution >= 4 is 10.8 Å². The molecular formula is C12H10. The van der Waals surface area contributed by atoms with Gasteiger partial charge in [-0.2, -0.15) is 0 Å². The second-order valence-electron chi connectivity index (χ2n) is 3.02. The van der Waals surface area contributed by atoms with Crippen LogP contribution in [-0.4, -0.2) is 0 Å². The van der Waals surface area contributed by atoms with Crippen LogP contribution in [0.2, 0.25) is 0 Å². The second kappa shape index (κ2) is 2.63. The van der Waals surface area contributed by atoms with Crippen molar-refractivity contribution in [1.82, 2.24) is 0 Å². The van der Waals surface area contributed by atoms with Gasteiger partial charge in [-0.25, -0.2) is 0 Å². The van der Waals surface area contributed by atoms with Gasteiger partial charge in [0, 0.05) is 0 Å². The fraction of sp³-hybridized carbons (Fsp3) is 0.0833. The summed E-state index contributed by atoms with van der Waals surface area (Å²) in [7, 11) is 0. The average molecular weight is 154 g/mol. The van der Waals surface area contributed by atoms with E-state index in [4.69, 9.17) is 6.92 Å². The van der Waals surface area contributed by atoms with Gasteiger partial charge in [-0.1, -0.05) is 36.4 Å². The van der Waals surface area contributed by atoms with Crippen molar-refractivity contribution in [3.05, 3.63) is 54.4 Å². The molecule has 0 amide bonds. The molecule has 0 bridgehead atoms. The molecule has 0 atom stereocenters. The standard InChI is InChI=1S/C12H10/c1-9-7-8-10(2)12-6-4-3-5-11(9)12/h1,3-8H,2H3. The number of aryl methyl sites for hydroxylation is 1. The van der Waals surface area contributed by atoms with Gasteiger partial charge in [0.1, 0.15) is 0 Å². The van der Waals surface area contributed by atoms with Crippen LogP contribution >= 0.6 is 0 Å². The summed E-state index contributed by atoms with van der Waals surface area (Å²) in [5.74, 6) is 0. The van der Waals surface area contributed by atoms with Gasteiger partial charge in [0.15, 0.2) is 0 Å². The van der Waals surface area contributed by atoms with E-state index in [2.05, 4.69) is 25.1 Å². The van der Waals surface area contributed by atoms with Gasteiger partial charge >= 0.3 is 0 Å². The van der Waals surface area contributed by atoms with Crippen molar-refractivity contribution in [1.29, 1.82) is 0 Å². The summed E-state index contributed by atoms with van der Waals surface area (Å²) in [5.41, 5.74) is 2.14. The summed E-state index contributed by atoms with van der Waals surface area (Å²) >= 11 is 0. The zero-order chi connectivity index (χ0) is 8.55. The zero-order valence-corrected chi connectivity index (χ0v) is 7.04. The molecule has 2 aromatic rings. The highest BCUT2D eigenvalue weighted by molar-refractivity contribution is 5.88. The Morgan fingerprint density at radius 2 is 1.58 bits per heavy atom. The lowest BCUT2D eigenvalue weighted by Gasteiger charge is -2.03. The molecule has 2 aromatic carbocycles. The Morgan fingerprint density at radius 1 is 0.917 bits per heavy atom. The maximum Gasteiger partial charge on any atom is -0.000544 e. The molecule has 12 heavy (non-hydrogen) atoms. The maximum atomic E-state index is 5.83. The van der Waals surface area contributed by atoms with Crippen LogP contribution in [0.1, 0.15) is 11.1 Å². The fourth-order valence-corrected chi connectivity index (χ4v) is 1.47. The highest BCUT2D eigenvalue weighted by Crippen LogP contribution is 2.20. The minimum absolute atomic E-state index is 0.858. The van der Waals surface area contributed by atoms with E-state index >= 15 is 0 Å². The number of fused-ring (bicyclic) bond motifs is 1. The molecule has 0 saturated carbocycles. The van der Waals surface area contributed by atoms with E-state index in [1.165, 1.54) is 10.9 Å². The third-order valence-electron chi connectivity index (χ3n) is 2.18. The molecule has 2 rings (SSSR count). The van der Waals surface area contributed by atoms with Gasteiger partial charge in [-0.3, -0.25) is 0 Å². The Balaban J connectivity index is 2.95. The molecule has 0 saturated heterocycles. The molecule has 0 fully saturated rings. The first-order valence-corrected chi connectivity index (χ1v) is 4.03. The largest absolute Gasteiger partial charge is 0.0616 e. The van der Waals surface area contributed by atoms with Crippen LogP contribution in [0.15, 0.2) is 36.4 Å². The Labute approximate surface area is 72.8 Å². The van der Waals surface area contributed by atoms with Gasteiger partial charge in [0.2, 0.25) is 0 Å². The van der Waals surface area contributed by atoms with Crippen LogP contribution in [0.3, 0.4) is 0 Å². The van der Waals surface area contributed by atoms with Crippen molar-refractivity contribution in [2.45, 2.75) is 6.92 Å². The molecule has 0 nitrogen and oxygen atoms in total. The summed E-state index contributed by atoms with van der Waals surface area (Å²) < 4.78 is 0. The smallest absolute Gasteiger partial charge is 0.000544 e. The van der Waals surface area contributed by atoms with E-state index in [1.807, 2.05) is 18.2 Å². The third-order valence-corrected chi connectivity index (χ3v) is 2.18. The minimum Gasteiger partial charge on any atom is -0.0616 e. The van der Waals surface area contributed by atoms with Gasteiger partial charge in [-0.05, 0) is 35.7 Å². The zero-order valence-electron chi connectivity index (χ0n) is 7.04. The molecule has 0 aliphatic rings. The summed E-state index contributed by atoms with van der Waals surface area (Å²) in [6.45, 7) is 7.92. The van der Waals surface area contributed by atoms with Crippen molar-refractivity contribution < 1.29 is 0 Å². The average Bonchev–Trinajstić information content (AvgIpc) is 2.12. The molecule has 0 heterocycles. The summed E-state index contributed by atoms with van der Waals surface area (Å²) in [5, 5.41) is 2.40.